The second kappa shape index (κ2) is 5.79. The second-order valence-corrected chi connectivity index (χ2v) is 6.78. The van der Waals surface area contributed by atoms with Crippen molar-refractivity contribution in [3.8, 4) is 0 Å². The molecule has 0 atom stereocenters. The van der Waals surface area contributed by atoms with E-state index < -0.39 is 11.4 Å². The number of aromatic nitrogens is 1. The maximum atomic E-state index is 12.5. The maximum absolute atomic E-state index is 12.5. The van der Waals surface area contributed by atoms with Crippen LogP contribution in [0.2, 0.25) is 5.02 Å². The van der Waals surface area contributed by atoms with Crippen molar-refractivity contribution in [3.05, 3.63) is 39.1 Å². The van der Waals surface area contributed by atoms with Gasteiger partial charge in [-0.3, -0.25) is 4.79 Å². The molecule has 2 N–H and O–H groups in total. The summed E-state index contributed by atoms with van der Waals surface area (Å²) in [6, 6.07) is 3.83. The van der Waals surface area contributed by atoms with E-state index in [0.717, 1.165) is 50.2 Å². The fraction of sp³-hybridized carbons (Fsp3) is 0.412. The van der Waals surface area contributed by atoms with E-state index in [0.29, 0.717) is 10.4 Å². The lowest BCUT2D eigenvalue weighted by atomic mass is 10.1. The van der Waals surface area contributed by atoms with Gasteiger partial charge in [0.2, 0.25) is 5.43 Å². The van der Waals surface area contributed by atoms with Crippen molar-refractivity contribution in [2.75, 3.05) is 31.1 Å². The molecule has 0 unspecified atom stereocenters. The van der Waals surface area contributed by atoms with Gasteiger partial charge in [0.1, 0.15) is 5.56 Å². The van der Waals surface area contributed by atoms with E-state index in [1.165, 1.54) is 6.20 Å². The molecule has 1 saturated carbocycles. The minimum Gasteiger partial charge on any atom is -0.477 e. The summed E-state index contributed by atoms with van der Waals surface area (Å²) in [5.74, 6) is -1.20. The molecule has 1 aliphatic heterocycles. The van der Waals surface area contributed by atoms with Crippen LogP contribution >= 0.6 is 11.6 Å². The Bertz CT molecular complexity index is 883. The lowest BCUT2D eigenvalue weighted by Gasteiger charge is -2.30. The number of piperazine rings is 1. The van der Waals surface area contributed by atoms with Crippen LogP contribution in [0.25, 0.3) is 10.9 Å². The molecule has 1 saturated heterocycles. The van der Waals surface area contributed by atoms with E-state index in [-0.39, 0.29) is 11.6 Å². The third-order valence-corrected chi connectivity index (χ3v) is 5.03. The van der Waals surface area contributed by atoms with Crippen LogP contribution in [-0.4, -0.2) is 41.8 Å². The molecule has 0 bridgehead atoms. The van der Waals surface area contributed by atoms with E-state index in [1.807, 2.05) is 10.6 Å². The molecule has 24 heavy (non-hydrogen) atoms. The van der Waals surface area contributed by atoms with Crippen LogP contribution in [0.5, 0.6) is 0 Å². The topological polar surface area (TPSA) is 74.6 Å². The van der Waals surface area contributed by atoms with Gasteiger partial charge in [0.25, 0.3) is 0 Å². The standard InChI is InChI=1S/C17H18ClN3O3/c18-13-7-11-14(8-15(13)20-5-3-19-4-6-20)21(10-1-2-10)9-12(16(11)22)17(23)24/h7-10,19H,1-6H2,(H,23,24). The monoisotopic (exact) mass is 347 g/mol. The highest BCUT2D eigenvalue weighted by molar-refractivity contribution is 6.34. The third kappa shape index (κ3) is 2.56. The summed E-state index contributed by atoms with van der Waals surface area (Å²) >= 11 is 6.43. The number of anilines is 1. The number of halogens is 1. The molecule has 0 amide bonds. The summed E-state index contributed by atoms with van der Waals surface area (Å²) in [6.07, 6.45) is 3.49. The maximum Gasteiger partial charge on any atom is 0.341 e. The van der Waals surface area contributed by atoms with Crippen molar-refractivity contribution in [1.29, 1.82) is 0 Å². The molecule has 2 fully saturated rings. The normalized spacial score (nSPS) is 18.1. The minimum absolute atomic E-state index is 0.194. The molecular formula is C17H18ClN3O3. The summed E-state index contributed by atoms with van der Waals surface area (Å²) in [6.45, 7) is 3.49. The Balaban J connectivity index is 1.95. The van der Waals surface area contributed by atoms with E-state index in [1.54, 1.807) is 6.07 Å². The number of carboxylic acid groups (broad SMARTS) is 1. The van der Waals surface area contributed by atoms with Gasteiger partial charge in [-0.2, -0.15) is 0 Å². The van der Waals surface area contributed by atoms with Gasteiger partial charge in [-0.1, -0.05) is 11.6 Å². The Morgan fingerprint density at radius 2 is 1.96 bits per heavy atom. The number of carboxylic acids is 1. The Hall–Kier alpha value is -2.05. The number of benzene rings is 1. The van der Waals surface area contributed by atoms with E-state index >= 15 is 0 Å². The first kappa shape index (κ1) is 15.5. The first-order valence-corrected chi connectivity index (χ1v) is 8.51. The zero-order valence-electron chi connectivity index (χ0n) is 13.1. The van der Waals surface area contributed by atoms with Crippen LogP contribution in [0.15, 0.2) is 23.1 Å². The van der Waals surface area contributed by atoms with Crippen molar-refractivity contribution in [2.45, 2.75) is 18.9 Å². The van der Waals surface area contributed by atoms with Gasteiger partial charge in [0.15, 0.2) is 0 Å². The highest BCUT2D eigenvalue weighted by Gasteiger charge is 2.27. The van der Waals surface area contributed by atoms with Crippen LogP contribution in [0.4, 0.5) is 5.69 Å². The predicted octanol–water partition coefficient (Wildman–Crippen LogP) is 2.10. The molecule has 2 aromatic rings. The van der Waals surface area contributed by atoms with Gasteiger partial charge in [-0.25, -0.2) is 4.79 Å². The summed E-state index contributed by atoms with van der Waals surface area (Å²) < 4.78 is 1.93. The molecule has 1 aromatic carbocycles. The van der Waals surface area contributed by atoms with Crippen LogP contribution in [-0.2, 0) is 0 Å². The highest BCUT2D eigenvalue weighted by Crippen LogP contribution is 2.39. The number of nitrogens with zero attached hydrogens (tertiary/aromatic N) is 2. The number of hydrogen-bond donors (Lipinski definition) is 2. The number of aromatic carboxylic acids is 1. The van der Waals surface area contributed by atoms with Crippen molar-refractivity contribution in [3.63, 3.8) is 0 Å². The molecule has 0 radical (unpaired) electrons. The van der Waals surface area contributed by atoms with Gasteiger partial charge in [0, 0.05) is 43.8 Å². The van der Waals surface area contributed by atoms with Crippen molar-refractivity contribution < 1.29 is 9.90 Å². The summed E-state index contributed by atoms with van der Waals surface area (Å²) in [4.78, 5) is 26.1. The second-order valence-electron chi connectivity index (χ2n) is 6.37. The SMILES string of the molecule is O=C(O)c1cn(C2CC2)c2cc(N3CCNCC3)c(Cl)cc2c1=O. The number of pyridine rings is 1. The Labute approximate surface area is 143 Å². The molecule has 0 spiro atoms. The van der Waals surface area contributed by atoms with Crippen LogP contribution < -0.4 is 15.6 Å². The van der Waals surface area contributed by atoms with Crippen molar-refractivity contribution in [2.24, 2.45) is 0 Å². The van der Waals surface area contributed by atoms with Crippen molar-refractivity contribution in [1.82, 2.24) is 9.88 Å². The third-order valence-electron chi connectivity index (χ3n) is 4.73. The van der Waals surface area contributed by atoms with Gasteiger partial charge in [-0.05, 0) is 25.0 Å². The quantitative estimate of drug-likeness (QED) is 0.889. The minimum atomic E-state index is -1.20. The smallest absolute Gasteiger partial charge is 0.341 e. The number of rotatable bonds is 3. The molecule has 2 aliphatic rings. The van der Waals surface area contributed by atoms with Crippen LogP contribution in [0.1, 0.15) is 29.2 Å². The van der Waals surface area contributed by atoms with E-state index in [9.17, 15) is 14.7 Å². The lowest BCUT2D eigenvalue weighted by molar-refractivity contribution is 0.0695. The lowest BCUT2D eigenvalue weighted by Crippen LogP contribution is -2.43. The number of nitrogens with one attached hydrogen (secondary N) is 1. The number of hydrogen-bond acceptors (Lipinski definition) is 4. The first-order chi connectivity index (χ1) is 11.6. The predicted molar refractivity (Wildman–Crippen MR) is 93.5 cm³/mol. The molecule has 6 nitrogen and oxygen atoms in total. The van der Waals surface area contributed by atoms with Gasteiger partial charge < -0.3 is 19.9 Å². The fourth-order valence-corrected chi connectivity index (χ4v) is 3.60. The highest BCUT2D eigenvalue weighted by atomic mass is 35.5. The Kier molecular flexibility index (Phi) is 3.73. The fourth-order valence-electron chi connectivity index (χ4n) is 3.31. The first-order valence-electron chi connectivity index (χ1n) is 8.13. The average molecular weight is 348 g/mol. The molecule has 4 rings (SSSR count). The molecule has 1 aromatic heterocycles. The Morgan fingerprint density at radius 1 is 1.25 bits per heavy atom. The zero-order chi connectivity index (χ0) is 16.8. The average Bonchev–Trinajstić information content (AvgIpc) is 3.40. The molecule has 2 heterocycles. The van der Waals surface area contributed by atoms with Crippen LogP contribution in [0.3, 0.4) is 0 Å². The van der Waals surface area contributed by atoms with Gasteiger partial charge >= 0.3 is 5.97 Å². The summed E-state index contributed by atoms with van der Waals surface area (Å²) in [5, 5.41) is 13.5. The molecule has 1 aliphatic carbocycles. The summed E-state index contributed by atoms with van der Waals surface area (Å²) in [5.41, 5.74) is 1.01. The van der Waals surface area contributed by atoms with E-state index in [4.69, 9.17) is 11.6 Å². The molecule has 7 heteroatoms. The molecular weight excluding hydrogens is 330 g/mol. The zero-order valence-corrected chi connectivity index (χ0v) is 13.8. The van der Waals surface area contributed by atoms with E-state index in [2.05, 4.69) is 10.2 Å². The van der Waals surface area contributed by atoms with Gasteiger partial charge in [-0.15, -0.1) is 0 Å². The largest absolute Gasteiger partial charge is 0.477 e. The van der Waals surface area contributed by atoms with Crippen molar-refractivity contribution >= 4 is 34.2 Å². The van der Waals surface area contributed by atoms with Gasteiger partial charge in [0.05, 0.1) is 16.2 Å². The number of carbonyl (C=O) groups is 1. The van der Waals surface area contributed by atoms with Crippen LogP contribution in [0, 0.1) is 0 Å². The molecule has 126 valence electrons. The Morgan fingerprint density at radius 3 is 2.58 bits per heavy atom. The summed E-state index contributed by atoms with van der Waals surface area (Å²) in [7, 11) is 0. The number of fused-ring (bicyclic) bond motifs is 1.